The lowest BCUT2D eigenvalue weighted by atomic mass is 10.2. The number of anilines is 1. The molecule has 8 nitrogen and oxygen atoms in total. The molecule has 0 saturated heterocycles. The van der Waals surface area contributed by atoms with Crippen LogP contribution in [0.5, 0.6) is 0 Å². The smallest absolute Gasteiger partial charge is 0.412 e. The Morgan fingerprint density at radius 1 is 1.14 bits per heavy atom. The quantitative estimate of drug-likeness (QED) is 0.387. The second kappa shape index (κ2) is 9.42. The molecule has 154 valence electrons. The van der Waals surface area contributed by atoms with Crippen LogP contribution in [0.25, 0.3) is 0 Å². The maximum atomic E-state index is 11.8. The highest BCUT2D eigenvalue weighted by atomic mass is 32.2. The van der Waals surface area contributed by atoms with Crippen molar-refractivity contribution in [1.29, 1.82) is 0 Å². The highest BCUT2D eigenvalue weighted by Crippen LogP contribution is 2.36. The maximum Gasteiger partial charge on any atom is 0.412 e. The Balaban J connectivity index is 2.14. The number of rotatable bonds is 6. The number of carbonyl (C=O) groups excluding carboxylic acids is 2. The molecule has 0 fully saturated rings. The van der Waals surface area contributed by atoms with Gasteiger partial charge in [-0.2, -0.15) is 0 Å². The predicted octanol–water partition coefficient (Wildman–Crippen LogP) is 5.27. The van der Waals surface area contributed by atoms with Gasteiger partial charge in [-0.3, -0.25) is 15.4 Å². The van der Waals surface area contributed by atoms with Crippen LogP contribution in [0, 0.1) is 10.1 Å². The molecule has 1 amide bonds. The van der Waals surface area contributed by atoms with Gasteiger partial charge in [0.25, 0.3) is 5.69 Å². The zero-order valence-corrected chi connectivity index (χ0v) is 17.4. The van der Waals surface area contributed by atoms with Crippen LogP contribution < -0.4 is 5.32 Å². The van der Waals surface area contributed by atoms with Crippen LogP contribution >= 0.6 is 11.8 Å². The molecule has 0 aromatic heterocycles. The molecule has 0 radical (unpaired) electrons. The molecule has 0 atom stereocenters. The fourth-order valence-corrected chi connectivity index (χ4v) is 3.14. The summed E-state index contributed by atoms with van der Waals surface area (Å²) in [6.07, 6.45) is -0.567. The lowest BCUT2D eigenvalue weighted by molar-refractivity contribution is -0.387. The molecular weight excluding hydrogens is 396 g/mol. The van der Waals surface area contributed by atoms with Crippen LogP contribution in [0.4, 0.5) is 16.2 Å². The number of amides is 1. The third-order valence-electron chi connectivity index (χ3n) is 3.39. The predicted molar refractivity (Wildman–Crippen MR) is 109 cm³/mol. The van der Waals surface area contributed by atoms with Gasteiger partial charge in [0, 0.05) is 16.6 Å². The van der Waals surface area contributed by atoms with Crippen molar-refractivity contribution in [1.82, 2.24) is 0 Å². The minimum atomic E-state index is -0.607. The van der Waals surface area contributed by atoms with Gasteiger partial charge in [-0.25, -0.2) is 9.59 Å². The molecule has 0 bridgehead atoms. The molecule has 0 aliphatic carbocycles. The Morgan fingerprint density at radius 3 is 2.34 bits per heavy atom. The van der Waals surface area contributed by atoms with Crippen LogP contribution in [0.3, 0.4) is 0 Å². The SMILES string of the molecule is CCOC(=O)c1ccc(Sc2ccc(NC(=O)OC(C)(C)C)cc2)c([N+](=O)[O-])c1. The number of benzene rings is 2. The summed E-state index contributed by atoms with van der Waals surface area (Å²) in [6, 6.07) is 11.0. The van der Waals surface area contributed by atoms with Gasteiger partial charge in [-0.15, -0.1) is 0 Å². The number of carbonyl (C=O) groups is 2. The van der Waals surface area contributed by atoms with Crippen molar-refractivity contribution in [3.8, 4) is 0 Å². The van der Waals surface area contributed by atoms with E-state index in [0.29, 0.717) is 10.6 Å². The summed E-state index contributed by atoms with van der Waals surface area (Å²) in [6.45, 7) is 7.16. The summed E-state index contributed by atoms with van der Waals surface area (Å²) in [5.41, 5.74) is -0.124. The first-order chi connectivity index (χ1) is 13.6. The molecule has 0 aliphatic rings. The molecule has 2 aromatic carbocycles. The number of ether oxygens (including phenoxy) is 2. The Hall–Kier alpha value is -3.07. The molecule has 1 N–H and O–H groups in total. The fourth-order valence-electron chi connectivity index (χ4n) is 2.24. The molecule has 0 saturated carbocycles. The number of hydrogen-bond donors (Lipinski definition) is 1. The number of hydrogen-bond acceptors (Lipinski definition) is 7. The summed E-state index contributed by atoms with van der Waals surface area (Å²) in [7, 11) is 0. The molecule has 0 unspecified atom stereocenters. The monoisotopic (exact) mass is 418 g/mol. The van der Waals surface area contributed by atoms with Gasteiger partial charge in [0.2, 0.25) is 0 Å². The van der Waals surface area contributed by atoms with Crippen molar-refractivity contribution < 1.29 is 24.0 Å². The first-order valence-electron chi connectivity index (χ1n) is 8.82. The van der Waals surface area contributed by atoms with Crippen LogP contribution in [0.15, 0.2) is 52.3 Å². The van der Waals surface area contributed by atoms with Crippen molar-refractivity contribution in [2.24, 2.45) is 0 Å². The van der Waals surface area contributed by atoms with E-state index in [-0.39, 0.29) is 17.9 Å². The first-order valence-corrected chi connectivity index (χ1v) is 9.64. The Morgan fingerprint density at radius 2 is 1.79 bits per heavy atom. The number of nitro groups is 1. The maximum absolute atomic E-state index is 11.8. The van der Waals surface area contributed by atoms with Crippen LogP contribution in [0.2, 0.25) is 0 Å². The Bertz CT molecular complexity index is 906. The van der Waals surface area contributed by atoms with E-state index in [1.165, 1.54) is 30.0 Å². The van der Waals surface area contributed by atoms with Gasteiger partial charge in [0.05, 0.1) is 22.0 Å². The van der Waals surface area contributed by atoms with Crippen molar-refractivity contribution in [2.75, 3.05) is 11.9 Å². The largest absolute Gasteiger partial charge is 0.462 e. The minimum Gasteiger partial charge on any atom is -0.462 e. The van der Waals surface area contributed by atoms with Gasteiger partial charge in [0.15, 0.2) is 0 Å². The highest BCUT2D eigenvalue weighted by Gasteiger charge is 2.19. The fraction of sp³-hybridized carbons (Fsp3) is 0.300. The number of nitrogens with one attached hydrogen (secondary N) is 1. The minimum absolute atomic E-state index is 0.125. The molecule has 0 heterocycles. The normalized spacial score (nSPS) is 10.9. The number of nitro benzene ring substituents is 1. The van der Waals surface area contributed by atoms with Crippen molar-refractivity contribution in [3.63, 3.8) is 0 Å². The molecule has 0 aliphatic heterocycles. The van der Waals surface area contributed by atoms with Gasteiger partial charge >= 0.3 is 12.1 Å². The van der Waals surface area contributed by atoms with E-state index in [4.69, 9.17) is 9.47 Å². The van der Waals surface area contributed by atoms with Crippen LogP contribution in [0.1, 0.15) is 38.1 Å². The lowest BCUT2D eigenvalue weighted by Gasteiger charge is -2.19. The lowest BCUT2D eigenvalue weighted by Crippen LogP contribution is -2.27. The average Bonchev–Trinajstić information content (AvgIpc) is 2.62. The van der Waals surface area contributed by atoms with Crippen LogP contribution in [-0.2, 0) is 9.47 Å². The molecule has 29 heavy (non-hydrogen) atoms. The van der Waals surface area contributed by atoms with E-state index in [1.807, 2.05) is 0 Å². The van der Waals surface area contributed by atoms with Crippen molar-refractivity contribution >= 4 is 35.2 Å². The topological polar surface area (TPSA) is 108 Å². The van der Waals surface area contributed by atoms with E-state index in [0.717, 1.165) is 4.90 Å². The zero-order chi connectivity index (χ0) is 21.6. The molecular formula is C20H22N2O6S. The van der Waals surface area contributed by atoms with Crippen molar-refractivity contribution in [3.05, 3.63) is 58.1 Å². The van der Waals surface area contributed by atoms with E-state index in [1.54, 1.807) is 52.0 Å². The highest BCUT2D eigenvalue weighted by molar-refractivity contribution is 7.99. The third-order valence-corrected chi connectivity index (χ3v) is 4.47. The molecule has 0 spiro atoms. The summed E-state index contributed by atoms with van der Waals surface area (Å²) in [5, 5.41) is 14.0. The van der Waals surface area contributed by atoms with E-state index < -0.39 is 22.6 Å². The van der Waals surface area contributed by atoms with E-state index >= 15 is 0 Å². The zero-order valence-electron chi connectivity index (χ0n) is 16.6. The van der Waals surface area contributed by atoms with Gasteiger partial charge in [0.1, 0.15) is 5.60 Å². The standard InChI is InChI=1S/C20H22N2O6S/c1-5-27-18(23)13-6-11-17(16(12-13)22(25)26)29-15-9-7-14(8-10-15)21-19(24)28-20(2,3)4/h6-12H,5H2,1-4H3,(H,21,24). The van der Waals surface area contributed by atoms with Gasteiger partial charge in [-0.05, 0) is 64.1 Å². The average molecular weight is 418 g/mol. The molecule has 9 heteroatoms. The summed E-state index contributed by atoms with van der Waals surface area (Å²) >= 11 is 1.18. The molecule has 2 rings (SSSR count). The van der Waals surface area contributed by atoms with Gasteiger partial charge < -0.3 is 9.47 Å². The Labute approximate surface area is 172 Å². The van der Waals surface area contributed by atoms with E-state index in [9.17, 15) is 19.7 Å². The summed E-state index contributed by atoms with van der Waals surface area (Å²) in [5.74, 6) is -0.607. The summed E-state index contributed by atoms with van der Waals surface area (Å²) in [4.78, 5) is 35.6. The van der Waals surface area contributed by atoms with Crippen LogP contribution in [-0.4, -0.2) is 29.2 Å². The third kappa shape index (κ3) is 6.79. The van der Waals surface area contributed by atoms with Gasteiger partial charge in [-0.1, -0.05) is 11.8 Å². The number of esters is 1. The second-order valence-corrected chi connectivity index (χ2v) is 8.03. The first kappa shape index (κ1) is 22.2. The molecule has 2 aromatic rings. The second-order valence-electron chi connectivity index (χ2n) is 6.91. The number of nitrogens with zero attached hydrogens (tertiary/aromatic N) is 1. The van der Waals surface area contributed by atoms with Crippen molar-refractivity contribution in [2.45, 2.75) is 43.1 Å². The Kier molecular flexibility index (Phi) is 7.22. The summed E-state index contributed by atoms with van der Waals surface area (Å²) < 4.78 is 10.1. The van der Waals surface area contributed by atoms with E-state index in [2.05, 4.69) is 5.32 Å².